The van der Waals surface area contributed by atoms with E-state index in [0.717, 1.165) is 0 Å². The summed E-state index contributed by atoms with van der Waals surface area (Å²) >= 11 is 2.02. The molecule has 0 spiro atoms. The Morgan fingerprint density at radius 3 is 2.51 bits per heavy atom. The molecule has 0 bridgehead atoms. The van der Waals surface area contributed by atoms with Crippen molar-refractivity contribution in [2.45, 2.75) is 6.92 Å². The highest BCUT2D eigenvalue weighted by atomic mass is 127. The number of non-ortho nitro benzene ring substituents is 1. The third-order valence-electron chi connectivity index (χ3n) is 4.78. The molecule has 3 aromatic carbocycles. The molecule has 0 unspecified atom stereocenters. The summed E-state index contributed by atoms with van der Waals surface area (Å²) in [7, 11) is 0. The van der Waals surface area contributed by atoms with Gasteiger partial charge in [-0.2, -0.15) is 0 Å². The van der Waals surface area contributed by atoms with Crippen LogP contribution in [-0.2, 0) is 9.53 Å². The highest BCUT2D eigenvalue weighted by molar-refractivity contribution is 14.1. The van der Waals surface area contributed by atoms with Gasteiger partial charge in [0.25, 0.3) is 5.69 Å². The van der Waals surface area contributed by atoms with Crippen LogP contribution in [-0.4, -0.2) is 29.4 Å². The molecule has 0 saturated heterocycles. The van der Waals surface area contributed by atoms with Crippen molar-refractivity contribution >= 4 is 52.2 Å². The molecule has 1 aliphatic heterocycles. The molecule has 0 fully saturated rings. The van der Waals surface area contributed by atoms with Gasteiger partial charge in [0.15, 0.2) is 17.2 Å². The van der Waals surface area contributed by atoms with Gasteiger partial charge in [0.05, 0.1) is 20.7 Å². The molecule has 1 aliphatic rings. The Hall–Kier alpha value is -4.06. The molecule has 0 aromatic heterocycles. The molecule has 35 heavy (non-hydrogen) atoms. The van der Waals surface area contributed by atoms with Gasteiger partial charge in [0, 0.05) is 17.7 Å². The summed E-state index contributed by atoms with van der Waals surface area (Å²) in [5.74, 6) is -0.531. The summed E-state index contributed by atoms with van der Waals surface area (Å²) in [6.45, 7) is 2.13. The van der Waals surface area contributed by atoms with Crippen molar-refractivity contribution in [3.63, 3.8) is 0 Å². The van der Waals surface area contributed by atoms with Gasteiger partial charge in [-0.1, -0.05) is 18.2 Å². The number of ether oxygens (including phenoxy) is 3. The van der Waals surface area contributed by atoms with Crippen molar-refractivity contribution in [3.05, 3.63) is 103 Å². The van der Waals surface area contributed by atoms with Crippen LogP contribution in [0.25, 0.3) is 6.08 Å². The number of nitro groups is 1. The minimum absolute atomic E-state index is 0.0456. The second-order valence-corrected chi connectivity index (χ2v) is 8.32. The summed E-state index contributed by atoms with van der Waals surface area (Å²) in [6, 6.07) is 17.5. The zero-order valence-corrected chi connectivity index (χ0v) is 20.4. The van der Waals surface area contributed by atoms with Crippen molar-refractivity contribution in [2.24, 2.45) is 4.99 Å². The minimum Gasteiger partial charge on any atom is -0.490 e. The first kappa shape index (κ1) is 24.1. The summed E-state index contributed by atoms with van der Waals surface area (Å²) in [5, 5.41) is 10.8. The smallest absolute Gasteiger partial charge is 0.363 e. The summed E-state index contributed by atoms with van der Waals surface area (Å²) in [4.78, 5) is 39.5. The first-order chi connectivity index (χ1) is 16.9. The Kier molecular flexibility index (Phi) is 7.20. The fraction of sp³-hybridized carbons (Fsp3) is 0.0800. The second-order valence-electron chi connectivity index (χ2n) is 7.16. The molecule has 0 amide bonds. The molecule has 0 aliphatic carbocycles. The van der Waals surface area contributed by atoms with Gasteiger partial charge in [0.1, 0.15) is 0 Å². The first-order valence-electron chi connectivity index (χ1n) is 10.4. The van der Waals surface area contributed by atoms with Crippen LogP contribution in [0.15, 0.2) is 77.4 Å². The molecule has 0 saturated carbocycles. The maximum absolute atomic E-state index is 12.5. The SMILES string of the molecule is CCOc1cc(/C=C2\N=C(c3ccc([N+](=O)[O-])cc3)OC2=O)cc(I)c1OC(=O)c1ccccc1. The van der Waals surface area contributed by atoms with E-state index in [-0.39, 0.29) is 23.0 Å². The molecule has 0 atom stereocenters. The first-order valence-corrected chi connectivity index (χ1v) is 11.4. The van der Waals surface area contributed by atoms with Crippen LogP contribution in [0.3, 0.4) is 0 Å². The maximum Gasteiger partial charge on any atom is 0.363 e. The van der Waals surface area contributed by atoms with Crippen molar-refractivity contribution in [2.75, 3.05) is 6.61 Å². The number of nitrogens with zero attached hydrogens (tertiary/aromatic N) is 2. The predicted octanol–water partition coefficient (Wildman–Crippen LogP) is 5.16. The van der Waals surface area contributed by atoms with Crippen molar-refractivity contribution in [1.82, 2.24) is 0 Å². The van der Waals surface area contributed by atoms with E-state index in [4.69, 9.17) is 14.2 Å². The average molecular weight is 584 g/mol. The maximum atomic E-state index is 12.5. The quantitative estimate of drug-likeness (QED) is 0.0941. The number of carbonyl (C=O) groups is 2. The van der Waals surface area contributed by atoms with E-state index in [0.29, 0.717) is 32.6 Å². The van der Waals surface area contributed by atoms with Crippen LogP contribution < -0.4 is 9.47 Å². The lowest BCUT2D eigenvalue weighted by molar-refractivity contribution is -0.384. The molecule has 4 rings (SSSR count). The molecular formula is C25H17IN2O7. The van der Waals surface area contributed by atoms with E-state index >= 15 is 0 Å². The number of hydrogen-bond acceptors (Lipinski definition) is 8. The number of carbonyl (C=O) groups excluding carboxylic acids is 2. The molecule has 176 valence electrons. The molecule has 10 heteroatoms. The fourth-order valence-electron chi connectivity index (χ4n) is 3.18. The largest absolute Gasteiger partial charge is 0.490 e. The van der Waals surface area contributed by atoms with Gasteiger partial charge in [0.2, 0.25) is 5.90 Å². The van der Waals surface area contributed by atoms with Crippen LogP contribution in [0.2, 0.25) is 0 Å². The fourth-order valence-corrected chi connectivity index (χ4v) is 3.91. The van der Waals surface area contributed by atoms with Crippen LogP contribution in [0, 0.1) is 13.7 Å². The third-order valence-corrected chi connectivity index (χ3v) is 5.59. The van der Waals surface area contributed by atoms with Crippen molar-refractivity contribution in [1.29, 1.82) is 0 Å². The molecule has 0 radical (unpaired) electrons. The Labute approximate surface area is 213 Å². The molecule has 0 N–H and O–H groups in total. The Morgan fingerprint density at radius 1 is 1.14 bits per heavy atom. The number of halogens is 1. The van der Waals surface area contributed by atoms with E-state index in [9.17, 15) is 19.7 Å². The summed E-state index contributed by atoms with van der Waals surface area (Å²) in [6.07, 6.45) is 1.52. The van der Waals surface area contributed by atoms with E-state index in [1.807, 2.05) is 22.6 Å². The van der Waals surface area contributed by atoms with Crippen molar-refractivity contribution < 1.29 is 28.7 Å². The number of aliphatic imine (C=N–C) groups is 1. The average Bonchev–Trinajstić information content (AvgIpc) is 3.22. The molecule has 9 nitrogen and oxygen atoms in total. The van der Waals surface area contributed by atoms with Gasteiger partial charge in [-0.15, -0.1) is 0 Å². The number of nitro benzene ring substituents is 1. The van der Waals surface area contributed by atoms with Gasteiger partial charge >= 0.3 is 11.9 Å². The van der Waals surface area contributed by atoms with E-state index in [1.165, 1.54) is 30.3 Å². The Balaban J connectivity index is 1.63. The van der Waals surface area contributed by atoms with Gasteiger partial charge in [-0.3, -0.25) is 10.1 Å². The van der Waals surface area contributed by atoms with E-state index in [1.54, 1.807) is 49.4 Å². The van der Waals surface area contributed by atoms with E-state index < -0.39 is 16.9 Å². The zero-order chi connectivity index (χ0) is 24.9. The van der Waals surface area contributed by atoms with Gasteiger partial charge in [-0.05, 0) is 77.6 Å². The standard InChI is InChI=1S/C25H17IN2O7/c1-2-33-21-14-15(12-19(26)22(21)34-24(29)17-6-4-3-5-7-17)13-20-25(30)35-23(27-20)16-8-10-18(11-9-16)28(31)32/h3-14H,2H2,1H3/b20-13-. The monoisotopic (exact) mass is 584 g/mol. The van der Waals surface area contributed by atoms with Crippen LogP contribution in [0.1, 0.15) is 28.4 Å². The highest BCUT2D eigenvalue weighted by Crippen LogP contribution is 2.36. The van der Waals surface area contributed by atoms with Gasteiger partial charge in [-0.25, -0.2) is 14.6 Å². The van der Waals surface area contributed by atoms with Crippen LogP contribution in [0.4, 0.5) is 5.69 Å². The number of benzene rings is 3. The second kappa shape index (κ2) is 10.5. The third kappa shape index (κ3) is 5.54. The van der Waals surface area contributed by atoms with Crippen LogP contribution in [0.5, 0.6) is 11.5 Å². The predicted molar refractivity (Wildman–Crippen MR) is 135 cm³/mol. The summed E-state index contributed by atoms with van der Waals surface area (Å²) < 4.78 is 17.1. The molecular weight excluding hydrogens is 567 g/mol. The van der Waals surface area contributed by atoms with Crippen molar-refractivity contribution in [3.8, 4) is 11.5 Å². The number of esters is 2. The zero-order valence-electron chi connectivity index (χ0n) is 18.3. The number of hydrogen-bond donors (Lipinski definition) is 0. The summed E-state index contributed by atoms with van der Waals surface area (Å²) in [5.41, 5.74) is 1.38. The topological polar surface area (TPSA) is 117 Å². The normalized spacial score (nSPS) is 13.8. The number of rotatable bonds is 7. The van der Waals surface area contributed by atoms with Crippen LogP contribution >= 0.6 is 22.6 Å². The highest BCUT2D eigenvalue weighted by Gasteiger charge is 2.25. The lowest BCUT2D eigenvalue weighted by Crippen LogP contribution is -2.10. The number of cyclic esters (lactones) is 1. The Morgan fingerprint density at radius 2 is 1.86 bits per heavy atom. The lowest BCUT2D eigenvalue weighted by atomic mass is 10.1. The molecule has 1 heterocycles. The minimum atomic E-state index is -0.661. The lowest BCUT2D eigenvalue weighted by Gasteiger charge is -2.13. The van der Waals surface area contributed by atoms with E-state index in [2.05, 4.69) is 4.99 Å². The Bertz CT molecular complexity index is 1370. The molecule has 3 aromatic rings. The van der Waals surface area contributed by atoms with Gasteiger partial charge < -0.3 is 14.2 Å².